The third-order valence-electron chi connectivity index (χ3n) is 2.85. The predicted molar refractivity (Wildman–Crippen MR) is 76.4 cm³/mol. The lowest BCUT2D eigenvalue weighted by Gasteiger charge is -2.13. The molecular formula is C15H16F2N2O. The molecular weight excluding hydrogens is 262 g/mol. The molecule has 3 nitrogen and oxygen atoms in total. The lowest BCUT2D eigenvalue weighted by Crippen LogP contribution is -2.01. The van der Waals surface area contributed by atoms with E-state index >= 15 is 0 Å². The van der Waals surface area contributed by atoms with Crippen LogP contribution in [0.4, 0.5) is 25.8 Å². The minimum atomic E-state index is -0.523. The van der Waals surface area contributed by atoms with Gasteiger partial charge in [0, 0.05) is 17.8 Å². The van der Waals surface area contributed by atoms with Crippen LogP contribution in [0, 0.1) is 18.6 Å². The maximum atomic E-state index is 13.6. The largest absolute Gasteiger partial charge is 0.491 e. The molecule has 0 heterocycles. The Labute approximate surface area is 116 Å². The van der Waals surface area contributed by atoms with Gasteiger partial charge < -0.3 is 15.8 Å². The van der Waals surface area contributed by atoms with Crippen LogP contribution in [0.5, 0.6) is 5.75 Å². The Kier molecular flexibility index (Phi) is 4.08. The molecule has 2 rings (SSSR count). The van der Waals surface area contributed by atoms with Crippen LogP contribution in [0.2, 0.25) is 0 Å². The number of anilines is 3. The molecule has 0 aliphatic heterocycles. The Hall–Kier alpha value is -2.30. The van der Waals surface area contributed by atoms with Gasteiger partial charge in [-0.15, -0.1) is 0 Å². The van der Waals surface area contributed by atoms with E-state index < -0.39 is 5.82 Å². The van der Waals surface area contributed by atoms with Crippen molar-refractivity contribution in [1.29, 1.82) is 0 Å². The summed E-state index contributed by atoms with van der Waals surface area (Å²) in [7, 11) is 0. The molecule has 0 saturated carbocycles. The van der Waals surface area contributed by atoms with Gasteiger partial charge in [0.25, 0.3) is 0 Å². The molecule has 5 heteroatoms. The zero-order chi connectivity index (χ0) is 14.7. The monoisotopic (exact) mass is 278 g/mol. The molecule has 0 saturated heterocycles. The molecule has 0 atom stereocenters. The summed E-state index contributed by atoms with van der Waals surface area (Å²) in [5.41, 5.74) is 7.54. The number of hydrogen-bond acceptors (Lipinski definition) is 3. The Balaban J connectivity index is 2.32. The van der Waals surface area contributed by atoms with Crippen LogP contribution < -0.4 is 15.8 Å². The van der Waals surface area contributed by atoms with E-state index in [9.17, 15) is 8.78 Å². The summed E-state index contributed by atoms with van der Waals surface area (Å²) >= 11 is 0. The molecule has 0 aliphatic carbocycles. The summed E-state index contributed by atoms with van der Waals surface area (Å²) in [6, 6.07) is 7.38. The predicted octanol–water partition coefficient (Wildman–Crippen LogP) is 4.00. The quantitative estimate of drug-likeness (QED) is 0.831. The molecule has 106 valence electrons. The lowest BCUT2D eigenvalue weighted by molar-refractivity contribution is 0.322. The molecule has 20 heavy (non-hydrogen) atoms. The van der Waals surface area contributed by atoms with Gasteiger partial charge >= 0.3 is 0 Å². The highest BCUT2D eigenvalue weighted by Gasteiger charge is 2.09. The molecule has 0 unspecified atom stereocenters. The van der Waals surface area contributed by atoms with Crippen molar-refractivity contribution < 1.29 is 13.5 Å². The van der Waals surface area contributed by atoms with Crippen molar-refractivity contribution in [2.45, 2.75) is 13.8 Å². The fraction of sp³-hybridized carbons (Fsp3) is 0.200. The lowest BCUT2D eigenvalue weighted by atomic mass is 10.2. The molecule has 0 aliphatic rings. The molecule has 2 aromatic carbocycles. The first-order chi connectivity index (χ1) is 9.51. The molecule has 0 bridgehead atoms. The maximum Gasteiger partial charge on any atom is 0.167 e. The number of rotatable bonds is 4. The summed E-state index contributed by atoms with van der Waals surface area (Å²) in [6.07, 6.45) is 0. The number of benzene rings is 2. The second-order valence-corrected chi connectivity index (χ2v) is 4.39. The summed E-state index contributed by atoms with van der Waals surface area (Å²) < 4.78 is 32.2. The van der Waals surface area contributed by atoms with Crippen LogP contribution in [0.3, 0.4) is 0 Å². The van der Waals surface area contributed by atoms with Crippen molar-refractivity contribution in [3.8, 4) is 5.75 Å². The van der Waals surface area contributed by atoms with Gasteiger partial charge in [-0.25, -0.2) is 8.78 Å². The van der Waals surface area contributed by atoms with Gasteiger partial charge in [-0.2, -0.15) is 0 Å². The van der Waals surface area contributed by atoms with Gasteiger partial charge in [-0.3, -0.25) is 0 Å². The smallest absolute Gasteiger partial charge is 0.167 e. The van der Waals surface area contributed by atoms with Crippen molar-refractivity contribution >= 4 is 17.1 Å². The van der Waals surface area contributed by atoms with Crippen LogP contribution in [0.15, 0.2) is 30.3 Å². The van der Waals surface area contributed by atoms with E-state index in [-0.39, 0.29) is 17.3 Å². The van der Waals surface area contributed by atoms with Crippen molar-refractivity contribution in [2.75, 3.05) is 17.7 Å². The maximum absolute atomic E-state index is 13.6. The summed E-state index contributed by atoms with van der Waals surface area (Å²) in [5.74, 6) is -0.734. The zero-order valence-electron chi connectivity index (χ0n) is 11.3. The molecule has 0 amide bonds. The first kappa shape index (κ1) is 14.1. The average molecular weight is 278 g/mol. The van der Waals surface area contributed by atoms with Crippen LogP contribution >= 0.6 is 0 Å². The summed E-state index contributed by atoms with van der Waals surface area (Å²) in [4.78, 5) is 0. The van der Waals surface area contributed by atoms with Crippen molar-refractivity contribution in [1.82, 2.24) is 0 Å². The minimum Gasteiger partial charge on any atom is -0.491 e. The average Bonchev–Trinajstić information content (AvgIpc) is 2.39. The van der Waals surface area contributed by atoms with Gasteiger partial charge in [-0.1, -0.05) is 6.07 Å². The first-order valence-electron chi connectivity index (χ1n) is 6.26. The van der Waals surface area contributed by atoms with E-state index in [1.54, 1.807) is 26.0 Å². The van der Waals surface area contributed by atoms with Gasteiger partial charge in [0.2, 0.25) is 0 Å². The van der Waals surface area contributed by atoms with Gasteiger partial charge in [0.05, 0.1) is 18.0 Å². The van der Waals surface area contributed by atoms with E-state index in [2.05, 4.69) is 5.32 Å². The number of aryl methyl sites for hydroxylation is 1. The van der Waals surface area contributed by atoms with Gasteiger partial charge in [0.15, 0.2) is 11.6 Å². The molecule has 0 spiro atoms. The van der Waals surface area contributed by atoms with Crippen LogP contribution in [0.25, 0.3) is 0 Å². The Morgan fingerprint density at radius 1 is 1.15 bits per heavy atom. The van der Waals surface area contributed by atoms with Crippen molar-refractivity contribution in [3.63, 3.8) is 0 Å². The van der Waals surface area contributed by atoms with Gasteiger partial charge in [-0.05, 0) is 31.5 Å². The summed E-state index contributed by atoms with van der Waals surface area (Å²) in [6.45, 7) is 3.79. The van der Waals surface area contributed by atoms with Crippen molar-refractivity contribution in [2.24, 2.45) is 0 Å². The Morgan fingerprint density at radius 3 is 2.55 bits per heavy atom. The highest BCUT2D eigenvalue weighted by atomic mass is 19.1. The fourth-order valence-corrected chi connectivity index (χ4v) is 1.77. The normalized spacial score (nSPS) is 10.4. The van der Waals surface area contributed by atoms with E-state index in [1.807, 2.05) is 0 Å². The minimum absolute atomic E-state index is 0.108. The molecule has 0 fully saturated rings. The second kappa shape index (κ2) is 5.77. The number of hydrogen-bond donors (Lipinski definition) is 2. The molecule has 0 radical (unpaired) electrons. The van der Waals surface area contributed by atoms with Crippen LogP contribution in [0.1, 0.15) is 12.5 Å². The number of halogens is 2. The summed E-state index contributed by atoms with van der Waals surface area (Å²) in [5, 5.41) is 2.95. The van der Waals surface area contributed by atoms with E-state index in [0.717, 1.165) is 0 Å². The number of nitrogens with one attached hydrogen (secondary N) is 1. The third-order valence-corrected chi connectivity index (χ3v) is 2.85. The zero-order valence-corrected chi connectivity index (χ0v) is 11.3. The number of nitrogens with two attached hydrogens (primary N) is 1. The fourth-order valence-electron chi connectivity index (χ4n) is 1.77. The third kappa shape index (κ3) is 2.99. The standard InChI is InChI=1S/C15H16F2N2O/c1-3-20-15-8-14(13(18)7-12(15)17)19-10-5-4-9(2)11(16)6-10/h4-8,19H,3,18H2,1-2H3. The van der Waals surface area contributed by atoms with E-state index in [1.165, 1.54) is 18.2 Å². The number of nitrogen functional groups attached to an aromatic ring is 1. The highest BCUT2D eigenvalue weighted by Crippen LogP contribution is 2.31. The van der Waals surface area contributed by atoms with Crippen molar-refractivity contribution in [3.05, 3.63) is 47.5 Å². The molecule has 3 N–H and O–H groups in total. The Bertz CT molecular complexity index is 630. The molecule has 2 aromatic rings. The van der Waals surface area contributed by atoms with Gasteiger partial charge in [0.1, 0.15) is 5.82 Å². The SMILES string of the molecule is CCOc1cc(Nc2ccc(C)c(F)c2)c(N)cc1F. The van der Waals surface area contributed by atoms with E-state index in [4.69, 9.17) is 10.5 Å². The van der Waals surface area contributed by atoms with E-state index in [0.29, 0.717) is 23.5 Å². The van der Waals surface area contributed by atoms with Crippen LogP contribution in [-0.4, -0.2) is 6.61 Å². The Morgan fingerprint density at radius 2 is 1.90 bits per heavy atom. The second-order valence-electron chi connectivity index (χ2n) is 4.39. The first-order valence-corrected chi connectivity index (χ1v) is 6.26. The number of ether oxygens (including phenoxy) is 1. The molecule has 0 aromatic heterocycles. The topological polar surface area (TPSA) is 47.3 Å². The highest BCUT2D eigenvalue weighted by molar-refractivity contribution is 5.74. The van der Waals surface area contributed by atoms with Crippen LogP contribution in [-0.2, 0) is 0 Å².